The normalized spacial score (nSPS) is 11.8. The highest BCUT2D eigenvalue weighted by molar-refractivity contribution is 5.64. The van der Waals surface area contributed by atoms with E-state index in [1.165, 1.54) is 12.1 Å². The molecule has 0 fully saturated rings. The number of aliphatic hydroxyl groups excluding tert-OH is 1. The van der Waals surface area contributed by atoms with E-state index in [1.807, 2.05) is 30.3 Å². The number of amides is 1. The predicted octanol–water partition coefficient (Wildman–Crippen LogP) is 3.31. The van der Waals surface area contributed by atoms with Crippen LogP contribution in [0.3, 0.4) is 0 Å². The Morgan fingerprint density at radius 2 is 1.96 bits per heavy atom. The summed E-state index contributed by atoms with van der Waals surface area (Å²) in [6.07, 6.45) is -0.00343. The Labute approximate surface area is 139 Å². The van der Waals surface area contributed by atoms with Gasteiger partial charge in [-0.25, -0.2) is 9.18 Å². The van der Waals surface area contributed by atoms with Crippen molar-refractivity contribution in [1.82, 2.24) is 0 Å². The third kappa shape index (κ3) is 5.24. The van der Waals surface area contributed by atoms with Gasteiger partial charge in [0, 0.05) is 11.6 Å². The van der Waals surface area contributed by atoms with E-state index in [2.05, 4.69) is 0 Å². The maximum absolute atomic E-state index is 13.8. The summed E-state index contributed by atoms with van der Waals surface area (Å²) in [6.45, 7) is -0.168. The second-order valence-corrected chi connectivity index (χ2v) is 5.24. The molecule has 3 N–H and O–H groups in total. The fourth-order valence-electron chi connectivity index (χ4n) is 2.30. The van der Waals surface area contributed by atoms with Crippen LogP contribution in [0.5, 0.6) is 5.75 Å². The molecule has 0 heterocycles. The highest BCUT2D eigenvalue weighted by Gasteiger charge is 2.14. The molecule has 0 aliphatic rings. The largest absolute Gasteiger partial charge is 0.486 e. The number of nitrogens with two attached hydrogens (primary N) is 1. The average Bonchev–Trinajstić information content (AvgIpc) is 2.58. The van der Waals surface area contributed by atoms with Gasteiger partial charge in [-0.3, -0.25) is 0 Å². The molecule has 0 spiro atoms. The Balaban J connectivity index is 2.08. The first-order valence-corrected chi connectivity index (χ1v) is 7.63. The molecule has 0 bridgehead atoms. The maximum Gasteiger partial charge on any atom is 0.404 e. The zero-order valence-electron chi connectivity index (χ0n) is 13.2. The highest BCUT2D eigenvalue weighted by atomic mass is 19.1. The summed E-state index contributed by atoms with van der Waals surface area (Å²) in [7, 11) is 0. The zero-order valence-corrected chi connectivity index (χ0v) is 13.2. The van der Waals surface area contributed by atoms with Crippen LogP contribution in [0.15, 0.2) is 48.5 Å². The fraction of sp³-hybridized carbons (Fsp3) is 0.278. The van der Waals surface area contributed by atoms with E-state index in [0.717, 1.165) is 5.56 Å². The van der Waals surface area contributed by atoms with E-state index in [4.69, 9.17) is 20.3 Å². The van der Waals surface area contributed by atoms with Crippen molar-refractivity contribution in [2.45, 2.75) is 25.6 Å². The Bertz CT molecular complexity index is 663. The number of halogens is 1. The van der Waals surface area contributed by atoms with E-state index >= 15 is 0 Å². The smallest absolute Gasteiger partial charge is 0.404 e. The first-order chi connectivity index (χ1) is 11.6. The molecule has 0 saturated heterocycles. The summed E-state index contributed by atoms with van der Waals surface area (Å²) in [5.41, 5.74) is 6.08. The van der Waals surface area contributed by atoms with Crippen molar-refractivity contribution in [2.75, 3.05) is 6.61 Å². The standard InChI is InChI=1S/C18H20FNO4/c19-16-11-15(9-8-14(16)12-21)24-17(7-4-10-23-18(20)22)13-5-2-1-3-6-13/h1-3,5-6,8-9,11,17,21H,4,7,10,12H2,(H2,20,22)/t17-/m0/s1. The molecule has 1 amide bonds. The number of benzene rings is 2. The van der Waals surface area contributed by atoms with Gasteiger partial charge in [-0.2, -0.15) is 0 Å². The third-order valence-electron chi connectivity index (χ3n) is 3.50. The molecule has 0 unspecified atom stereocenters. The van der Waals surface area contributed by atoms with Crippen LogP contribution in [0, 0.1) is 5.82 Å². The predicted molar refractivity (Wildman–Crippen MR) is 86.9 cm³/mol. The molecule has 2 aromatic carbocycles. The van der Waals surface area contributed by atoms with E-state index in [9.17, 15) is 9.18 Å². The monoisotopic (exact) mass is 333 g/mol. The number of carbonyl (C=O) groups excluding carboxylic acids is 1. The lowest BCUT2D eigenvalue weighted by molar-refractivity contribution is 0.140. The minimum atomic E-state index is -0.811. The summed E-state index contributed by atoms with van der Waals surface area (Å²) in [6, 6.07) is 13.9. The topological polar surface area (TPSA) is 81.8 Å². The summed E-state index contributed by atoms with van der Waals surface area (Å²) in [5, 5.41) is 9.02. The van der Waals surface area contributed by atoms with E-state index in [-0.39, 0.29) is 24.9 Å². The second kappa shape index (κ2) is 8.88. The number of rotatable bonds is 8. The molecule has 6 heteroatoms. The number of hydrogen-bond donors (Lipinski definition) is 2. The van der Waals surface area contributed by atoms with Gasteiger partial charge in [-0.1, -0.05) is 36.4 Å². The van der Waals surface area contributed by atoms with Crippen LogP contribution < -0.4 is 10.5 Å². The van der Waals surface area contributed by atoms with E-state index < -0.39 is 11.9 Å². The molecule has 0 aliphatic carbocycles. The van der Waals surface area contributed by atoms with Crippen LogP contribution in [0.25, 0.3) is 0 Å². The van der Waals surface area contributed by atoms with Crippen molar-refractivity contribution in [1.29, 1.82) is 0 Å². The highest BCUT2D eigenvalue weighted by Crippen LogP contribution is 2.27. The summed E-state index contributed by atoms with van der Waals surface area (Å²) < 4.78 is 24.4. The van der Waals surface area contributed by atoms with Crippen LogP contribution in [0.4, 0.5) is 9.18 Å². The quantitative estimate of drug-likeness (QED) is 0.726. The fourth-order valence-corrected chi connectivity index (χ4v) is 2.30. The molecule has 0 radical (unpaired) electrons. The van der Waals surface area contributed by atoms with Crippen molar-refractivity contribution in [3.63, 3.8) is 0 Å². The SMILES string of the molecule is NC(=O)OCCC[C@H](Oc1ccc(CO)c(F)c1)c1ccccc1. The summed E-state index contributed by atoms with van der Waals surface area (Å²) >= 11 is 0. The van der Waals surface area contributed by atoms with Gasteiger partial charge in [-0.05, 0) is 24.5 Å². The number of carbonyl (C=O) groups is 1. The molecule has 0 aromatic heterocycles. The van der Waals surface area contributed by atoms with Gasteiger partial charge in [0.05, 0.1) is 13.2 Å². The maximum atomic E-state index is 13.8. The number of aliphatic hydroxyl groups is 1. The van der Waals surface area contributed by atoms with Crippen LogP contribution in [0.1, 0.15) is 30.1 Å². The number of primary amides is 1. The van der Waals surface area contributed by atoms with Gasteiger partial charge in [0.15, 0.2) is 0 Å². The van der Waals surface area contributed by atoms with Crippen LogP contribution in [0.2, 0.25) is 0 Å². The van der Waals surface area contributed by atoms with Crippen molar-refractivity contribution < 1.29 is 23.8 Å². The van der Waals surface area contributed by atoms with Gasteiger partial charge in [0.25, 0.3) is 0 Å². The molecule has 24 heavy (non-hydrogen) atoms. The summed E-state index contributed by atoms with van der Waals surface area (Å²) in [5.74, 6) is -0.145. The third-order valence-corrected chi connectivity index (χ3v) is 3.50. The van der Waals surface area contributed by atoms with Crippen molar-refractivity contribution in [3.05, 3.63) is 65.5 Å². The molecule has 128 valence electrons. The van der Waals surface area contributed by atoms with E-state index in [1.54, 1.807) is 6.07 Å². The first-order valence-electron chi connectivity index (χ1n) is 7.63. The first kappa shape index (κ1) is 17.7. The van der Waals surface area contributed by atoms with Gasteiger partial charge >= 0.3 is 6.09 Å². The average molecular weight is 333 g/mol. The Hall–Kier alpha value is -2.60. The van der Waals surface area contributed by atoms with Crippen molar-refractivity contribution in [3.8, 4) is 5.75 Å². The Morgan fingerprint density at radius 1 is 1.21 bits per heavy atom. The lowest BCUT2D eigenvalue weighted by Gasteiger charge is -2.20. The molecular formula is C18H20FNO4. The zero-order chi connectivity index (χ0) is 17.4. The van der Waals surface area contributed by atoms with Crippen LogP contribution in [-0.4, -0.2) is 17.8 Å². The summed E-state index contributed by atoms with van der Waals surface area (Å²) in [4.78, 5) is 10.6. The van der Waals surface area contributed by atoms with Gasteiger partial charge < -0.3 is 20.3 Å². The number of hydrogen-bond acceptors (Lipinski definition) is 4. The molecule has 5 nitrogen and oxygen atoms in total. The van der Waals surface area contributed by atoms with Crippen molar-refractivity contribution in [2.24, 2.45) is 5.73 Å². The number of ether oxygens (including phenoxy) is 2. The lowest BCUT2D eigenvalue weighted by Crippen LogP contribution is -2.15. The van der Waals surface area contributed by atoms with Crippen LogP contribution >= 0.6 is 0 Å². The molecule has 2 rings (SSSR count). The second-order valence-electron chi connectivity index (χ2n) is 5.24. The van der Waals surface area contributed by atoms with Gasteiger partial charge in [-0.15, -0.1) is 0 Å². The molecule has 1 atom stereocenters. The molecule has 0 aliphatic heterocycles. The molecule has 2 aromatic rings. The lowest BCUT2D eigenvalue weighted by atomic mass is 10.0. The molecule has 0 saturated carbocycles. The minimum Gasteiger partial charge on any atom is -0.486 e. The minimum absolute atomic E-state index is 0.194. The van der Waals surface area contributed by atoms with Gasteiger partial charge in [0.2, 0.25) is 0 Å². The van der Waals surface area contributed by atoms with Gasteiger partial charge in [0.1, 0.15) is 17.7 Å². The van der Waals surface area contributed by atoms with E-state index in [0.29, 0.717) is 18.6 Å². The Kier molecular flexibility index (Phi) is 6.57. The van der Waals surface area contributed by atoms with Crippen LogP contribution in [-0.2, 0) is 11.3 Å². The Morgan fingerprint density at radius 3 is 2.58 bits per heavy atom. The van der Waals surface area contributed by atoms with Crippen molar-refractivity contribution >= 4 is 6.09 Å². The molecular weight excluding hydrogens is 313 g/mol.